The van der Waals surface area contributed by atoms with E-state index < -0.39 is 0 Å². The van der Waals surface area contributed by atoms with Gasteiger partial charge in [-0.3, -0.25) is 9.69 Å². The lowest BCUT2D eigenvalue weighted by atomic mass is 10.0. The molecule has 1 aliphatic rings. The van der Waals surface area contributed by atoms with Crippen LogP contribution >= 0.6 is 24.0 Å². The lowest BCUT2D eigenvalue weighted by Crippen LogP contribution is -2.28. The van der Waals surface area contributed by atoms with E-state index in [2.05, 4.69) is 19.6 Å². The van der Waals surface area contributed by atoms with Gasteiger partial charge in [0.2, 0.25) is 0 Å². The first-order valence-electron chi connectivity index (χ1n) is 11.8. The Morgan fingerprint density at radius 3 is 2.69 bits per heavy atom. The summed E-state index contributed by atoms with van der Waals surface area (Å²) in [5.41, 5.74) is 4.56. The van der Waals surface area contributed by atoms with Crippen molar-refractivity contribution in [2.45, 2.75) is 33.1 Å². The summed E-state index contributed by atoms with van der Waals surface area (Å²) in [4.78, 5) is 15.5. The molecule has 0 saturated carbocycles. The van der Waals surface area contributed by atoms with Crippen molar-refractivity contribution in [3.63, 3.8) is 0 Å². The van der Waals surface area contributed by atoms with Crippen LogP contribution in [-0.4, -0.2) is 38.1 Å². The summed E-state index contributed by atoms with van der Waals surface area (Å²) in [5, 5.41) is 4.90. The number of thioether (sulfide) groups is 1. The summed E-state index contributed by atoms with van der Waals surface area (Å²) in [7, 11) is 0. The fourth-order valence-corrected chi connectivity index (χ4v) is 5.19. The number of amides is 1. The molecule has 2 heterocycles. The van der Waals surface area contributed by atoms with Gasteiger partial charge in [0, 0.05) is 23.9 Å². The van der Waals surface area contributed by atoms with Crippen molar-refractivity contribution >= 4 is 40.3 Å². The third-order valence-electron chi connectivity index (χ3n) is 5.71. The monoisotopic (exact) mass is 503 g/mol. The molecule has 5 nitrogen and oxygen atoms in total. The molecule has 1 saturated heterocycles. The van der Waals surface area contributed by atoms with E-state index in [9.17, 15) is 4.79 Å². The molecule has 3 aromatic rings. The average molecular weight is 504 g/mol. The number of nitrogens with zero attached hydrogens (tertiary/aromatic N) is 3. The number of unbranched alkanes of at least 4 members (excludes halogenated alkanes) is 2. The number of ether oxygens (including phenoxy) is 1. The van der Waals surface area contributed by atoms with Crippen molar-refractivity contribution in [3.8, 4) is 22.7 Å². The van der Waals surface area contributed by atoms with Crippen molar-refractivity contribution in [1.82, 2.24) is 14.7 Å². The van der Waals surface area contributed by atoms with Gasteiger partial charge < -0.3 is 4.74 Å². The highest BCUT2D eigenvalue weighted by Crippen LogP contribution is 2.36. The van der Waals surface area contributed by atoms with Crippen LogP contribution in [0.1, 0.15) is 37.3 Å². The van der Waals surface area contributed by atoms with E-state index in [-0.39, 0.29) is 5.91 Å². The summed E-state index contributed by atoms with van der Waals surface area (Å²) in [6.45, 7) is 8.99. The van der Waals surface area contributed by atoms with Crippen LogP contribution in [0, 0.1) is 6.92 Å². The number of hydrogen-bond donors (Lipinski definition) is 0. The van der Waals surface area contributed by atoms with Crippen LogP contribution in [0.15, 0.2) is 72.3 Å². The summed E-state index contributed by atoms with van der Waals surface area (Å²) in [5.74, 6) is 0.782. The zero-order chi connectivity index (χ0) is 24.8. The normalized spacial score (nSPS) is 14.7. The lowest BCUT2D eigenvalue weighted by molar-refractivity contribution is -0.122. The van der Waals surface area contributed by atoms with Gasteiger partial charge in [-0.25, -0.2) is 4.68 Å². The molecule has 4 rings (SSSR count). The van der Waals surface area contributed by atoms with Gasteiger partial charge in [-0.1, -0.05) is 74.6 Å². The number of thiocarbonyl (C=S) groups is 1. The Labute approximate surface area is 216 Å². The molecule has 1 amide bonds. The lowest BCUT2D eigenvalue weighted by Gasteiger charge is -2.13. The fraction of sp³-hybridized carbons (Fsp3) is 0.250. The second kappa shape index (κ2) is 11.5. The molecule has 1 aromatic heterocycles. The quantitative estimate of drug-likeness (QED) is 0.132. The fourth-order valence-electron chi connectivity index (χ4n) is 3.89. The SMILES string of the molecule is C=CCOc1ccc(-c2nn(-c3ccccc3)cc2/C=C2\SC(=S)N(CCCCC)C2=O)cc1C. The van der Waals surface area contributed by atoms with Crippen molar-refractivity contribution in [3.05, 3.63) is 83.4 Å². The number of aromatic nitrogens is 2. The topological polar surface area (TPSA) is 47.4 Å². The molecule has 0 radical (unpaired) electrons. The smallest absolute Gasteiger partial charge is 0.266 e. The molecule has 0 unspecified atom stereocenters. The molecule has 0 aliphatic carbocycles. The van der Waals surface area contributed by atoms with Gasteiger partial charge in [-0.15, -0.1) is 0 Å². The van der Waals surface area contributed by atoms with Gasteiger partial charge in [0.05, 0.1) is 10.6 Å². The molecule has 2 aromatic carbocycles. The van der Waals surface area contributed by atoms with Crippen LogP contribution in [0.5, 0.6) is 5.75 Å². The van der Waals surface area contributed by atoms with Gasteiger partial charge in [-0.2, -0.15) is 5.10 Å². The van der Waals surface area contributed by atoms with Crippen molar-refractivity contribution < 1.29 is 9.53 Å². The van der Waals surface area contributed by atoms with Gasteiger partial charge >= 0.3 is 0 Å². The minimum absolute atomic E-state index is 0.0288. The second-order valence-corrected chi connectivity index (χ2v) is 10.0. The molecule has 180 valence electrons. The molecule has 0 atom stereocenters. The summed E-state index contributed by atoms with van der Waals surface area (Å²) in [6, 6.07) is 16.0. The van der Waals surface area contributed by atoms with Crippen LogP contribution in [-0.2, 0) is 4.79 Å². The molecule has 0 N–H and O–H groups in total. The molecule has 0 bridgehead atoms. The third kappa shape index (κ3) is 5.74. The van der Waals surface area contributed by atoms with Crippen molar-refractivity contribution in [1.29, 1.82) is 0 Å². The van der Waals surface area contributed by atoms with Crippen LogP contribution in [0.4, 0.5) is 0 Å². The standard InChI is InChI=1S/C28H29N3O2S2/c1-4-6-10-15-30-27(32)25(35-28(30)34)18-22-19-31(23-11-8-7-9-12-23)29-26(22)21-13-14-24(20(3)17-21)33-16-5-2/h5,7-9,11-14,17-19H,2,4,6,10,15-16H2,1,3H3/b25-18-. The molecule has 35 heavy (non-hydrogen) atoms. The first kappa shape index (κ1) is 24.9. The minimum Gasteiger partial charge on any atom is -0.489 e. The Morgan fingerprint density at radius 2 is 1.97 bits per heavy atom. The Bertz CT molecular complexity index is 1260. The number of carbonyl (C=O) groups excluding carboxylic acids is 1. The van der Waals surface area contributed by atoms with E-state index >= 15 is 0 Å². The zero-order valence-corrected chi connectivity index (χ0v) is 21.7. The maximum atomic E-state index is 13.1. The Morgan fingerprint density at radius 1 is 1.17 bits per heavy atom. The maximum absolute atomic E-state index is 13.1. The predicted octanol–water partition coefficient (Wildman–Crippen LogP) is 6.80. The first-order valence-corrected chi connectivity index (χ1v) is 13.0. The van der Waals surface area contributed by atoms with Crippen LogP contribution in [0.25, 0.3) is 23.0 Å². The Balaban J connectivity index is 1.72. The zero-order valence-electron chi connectivity index (χ0n) is 20.1. The maximum Gasteiger partial charge on any atom is 0.266 e. The van der Waals surface area contributed by atoms with E-state index in [1.807, 2.05) is 66.3 Å². The average Bonchev–Trinajstić information content (AvgIpc) is 3.40. The van der Waals surface area contributed by atoms with E-state index in [1.165, 1.54) is 11.8 Å². The van der Waals surface area contributed by atoms with E-state index in [0.717, 1.165) is 53.1 Å². The molecular formula is C28H29N3O2S2. The highest BCUT2D eigenvalue weighted by molar-refractivity contribution is 8.26. The highest BCUT2D eigenvalue weighted by atomic mass is 32.2. The van der Waals surface area contributed by atoms with Gasteiger partial charge in [0.1, 0.15) is 22.4 Å². The van der Waals surface area contributed by atoms with Crippen LogP contribution in [0.2, 0.25) is 0 Å². The molecule has 7 heteroatoms. The molecular weight excluding hydrogens is 474 g/mol. The number of hydrogen-bond acceptors (Lipinski definition) is 5. The number of rotatable bonds is 10. The Hall–Kier alpha value is -3.16. The minimum atomic E-state index is -0.0288. The van der Waals surface area contributed by atoms with Crippen molar-refractivity contribution in [2.24, 2.45) is 0 Å². The summed E-state index contributed by atoms with van der Waals surface area (Å²) >= 11 is 6.88. The molecule has 1 fully saturated rings. The summed E-state index contributed by atoms with van der Waals surface area (Å²) in [6.07, 6.45) is 8.74. The van der Waals surface area contributed by atoms with Gasteiger partial charge in [0.15, 0.2) is 0 Å². The van der Waals surface area contributed by atoms with Crippen LogP contribution < -0.4 is 4.74 Å². The van der Waals surface area contributed by atoms with E-state index in [0.29, 0.717) is 22.4 Å². The molecule has 0 spiro atoms. The number of aryl methyl sites for hydroxylation is 1. The van der Waals surface area contributed by atoms with Gasteiger partial charge in [-0.05, 0) is 55.3 Å². The largest absolute Gasteiger partial charge is 0.489 e. The van der Waals surface area contributed by atoms with Crippen molar-refractivity contribution in [2.75, 3.05) is 13.2 Å². The highest BCUT2D eigenvalue weighted by Gasteiger charge is 2.32. The van der Waals surface area contributed by atoms with E-state index in [4.69, 9.17) is 22.1 Å². The summed E-state index contributed by atoms with van der Waals surface area (Å²) < 4.78 is 8.21. The third-order valence-corrected chi connectivity index (χ3v) is 7.09. The number of carbonyl (C=O) groups is 1. The van der Waals surface area contributed by atoms with Crippen LogP contribution in [0.3, 0.4) is 0 Å². The van der Waals surface area contributed by atoms with E-state index in [1.54, 1.807) is 11.0 Å². The number of benzene rings is 2. The molecule has 1 aliphatic heterocycles. The predicted molar refractivity (Wildman–Crippen MR) is 149 cm³/mol. The Kier molecular flexibility index (Phi) is 8.21. The first-order chi connectivity index (χ1) is 17.0. The van der Waals surface area contributed by atoms with Gasteiger partial charge in [0.25, 0.3) is 5.91 Å². The second-order valence-electron chi connectivity index (χ2n) is 8.33. The number of para-hydroxylation sites is 1.